The van der Waals surface area contributed by atoms with Crippen LogP contribution in [0.2, 0.25) is 0 Å². The Morgan fingerprint density at radius 2 is 2.00 bits per heavy atom. The second-order valence-electron chi connectivity index (χ2n) is 3.82. The summed E-state index contributed by atoms with van der Waals surface area (Å²) in [6.07, 6.45) is 4.10. The molecule has 0 spiro atoms. The lowest BCUT2D eigenvalue weighted by Gasteiger charge is -2.16. The molecule has 0 N–H and O–H groups in total. The first-order valence-corrected chi connectivity index (χ1v) is 5.93. The van der Waals surface area contributed by atoms with E-state index in [0.717, 1.165) is 0 Å². The van der Waals surface area contributed by atoms with Gasteiger partial charge in [-0.3, -0.25) is 4.79 Å². The number of ether oxygens (including phenoxy) is 3. The van der Waals surface area contributed by atoms with Crippen LogP contribution in [0.1, 0.15) is 28.9 Å². The molecule has 0 radical (unpaired) electrons. The van der Waals surface area contributed by atoms with E-state index in [9.17, 15) is 9.59 Å². The largest absolute Gasteiger partial charge is 0.496 e. The average molecular weight is 286 g/mol. The standard InChI is InChI=1S/C16H14O5/c1-5-6-9-13(21-11(2)17)12-8-7-10-14(19-3)15(12)16(18)20-4/h1,7-8,10,13H,2-4H3/t13-/m1/s1. The summed E-state index contributed by atoms with van der Waals surface area (Å²) >= 11 is 0. The van der Waals surface area contributed by atoms with Gasteiger partial charge in [0.25, 0.3) is 0 Å². The quantitative estimate of drug-likeness (QED) is 0.623. The van der Waals surface area contributed by atoms with Crippen LogP contribution >= 0.6 is 0 Å². The van der Waals surface area contributed by atoms with Crippen LogP contribution in [0, 0.1) is 24.2 Å². The molecule has 0 heterocycles. The average Bonchev–Trinajstić information content (AvgIpc) is 2.49. The van der Waals surface area contributed by atoms with Crippen molar-refractivity contribution in [2.45, 2.75) is 13.0 Å². The molecule has 1 aromatic carbocycles. The summed E-state index contributed by atoms with van der Waals surface area (Å²) in [5.74, 6) is 6.23. The van der Waals surface area contributed by atoms with E-state index < -0.39 is 18.0 Å². The number of hydrogen-bond donors (Lipinski definition) is 0. The number of methoxy groups -OCH3 is 2. The fraction of sp³-hybridized carbons (Fsp3) is 0.250. The van der Waals surface area contributed by atoms with Gasteiger partial charge in [0.05, 0.1) is 14.2 Å². The predicted molar refractivity (Wildman–Crippen MR) is 75.4 cm³/mol. The van der Waals surface area contributed by atoms with Gasteiger partial charge in [-0.1, -0.05) is 12.1 Å². The highest BCUT2D eigenvalue weighted by Gasteiger charge is 2.24. The van der Waals surface area contributed by atoms with Crippen molar-refractivity contribution in [3.63, 3.8) is 0 Å². The van der Waals surface area contributed by atoms with Crippen molar-refractivity contribution >= 4 is 11.9 Å². The summed E-state index contributed by atoms with van der Waals surface area (Å²) in [5, 5.41) is 0. The van der Waals surface area contributed by atoms with E-state index in [4.69, 9.17) is 20.6 Å². The maximum Gasteiger partial charge on any atom is 0.342 e. The third-order valence-electron chi connectivity index (χ3n) is 2.51. The Bertz CT molecular complexity index is 643. The Labute approximate surface area is 123 Å². The zero-order chi connectivity index (χ0) is 15.8. The molecular formula is C16H14O5. The molecule has 1 atom stereocenters. The maximum atomic E-state index is 11.9. The third kappa shape index (κ3) is 4.02. The van der Waals surface area contributed by atoms with Crippen LogP contribution in [-0.2, 0) is 14.3 Å². The van der Waals surface area contributed by atoms with E-state index in [1.54, 1.807) is 18.2 Å². The summed E-state index contributed by atoms with van der Waals surface area (Å²) < 4.78 is 15.0. The SMILES string of the molecule is C#CC#C[C@@H](OC(C)=O)c1cccc(OC)c1C(=O)OC. The minimum Gasteiger partial charge on any atom is -0.496 e. The van der Waals surface area contributed by atoms with Gasteiger partial charge in [0.2, 0.25) is 0 Å². The van der Waals surface area contributed by atoms with Crippen LogP contribution < -0.4 is 4.74 Å². The molecule has 21 heavy (non-hydrogen) atoms. The molecule has 0 bridgehead atoms. The highest BCUT2D eigenvalue weighted by atomic mass is 16.5. The zero-order valence-corrected chi connectivity index (χ0v) is 11.9. The van der Waals surface area contributed by atoms with E-state index >= 15 is 0 Å². The molecule has 0 aliphatic heterocycles. The number of benzene rings is 1. The second-order valence-corrected chi connectivity index (χ2v) is 3.82. The van der Waals surface area contributed by atoms with Gasteiger partial charge in [-0.2, -0.15) is 0 Å². The molecule has 0 aliphatic rings. The molecule has 1 aromatic rings. The minimum atomic E-state index is -0.984. The Morgan fingerprint density at radius 3 is 2.52 bits per heavy atom. The van der Waals surface area contributed by atoms with Gasteiger partial charge >= 0.3 is 11.9 Å². The van der Waals surface area contributed by atoms with Gasteiger partial charge in [-0.15, -0.1) is 6.42 Å². The number of hydrogen-bond acceptors (Lipinski definition) is 5. The summed E-state index contributed by atoms with van der Waals surface area (Å²) in [5.41, 5.74) is 0.485. The fourth-order valence-electron chi connectivity index (χ4n) is 1.70. The molecule has 0 amide bonds. The maximum absolute atomic E-state index is 11.9. The fourth-order valence-corrected chi connectivity index (χ4v) is 1.70. The van der Waals surface area contributed by atoms with Crippen LogP contribution in [0.15, 0.2) is 18.2 Å². The van der Waals surface area contributed by atoms with E-state index in [-0.39, 0.29) is 5.56 Å². The molecule has 0 aliphatic carbocycles. The number of rotatable bonds is 4. The second kappa shape index (κ2) is 7.62. The number of carbonyl (C=O) groups excluding carboxylic acids is 2. The first-order chi connectivity index (χ1) is 10.0. The zero-order valence-electron chi connectivity index (χ0n) is 11.9. The summed E-state index contributed by atoms with van der Waals surface area (Å²) in [6.45, 7) is 1.24. The van der Waals surface area contributed by atoms with Crippen LogP contribution in [0.25, 0.3) is 0 Å². The van der Waals surface area contributed by atoms with E-state index in [1.165, 1.54) is 21.1 Å². The Kier molecular flexibility index (Phi) is 5.85. The van der Waals surface area contributed by atoms with Crippen LogP contribution in [0.5, 0.6) is 5.75 Å². The Hall–Kier alpha value is -2.92. The monoisotopic (exact) mass is 286 g/mol. The van der Waals surface area contributed by atoms with Crippen molar-refractivity contribution < 1.29 is 23.8 Å². The van der Waals surface area contributed by atoms with Crippen molar-refractivity contribution in [1.82, 2.24) is 0 Å². The van der Waals surface area contributed by atoms with E-state index in [0.29, 0.717) is 11.3 Å². The molecular weight excluding hydrogens is 272 g/mol. The van der Waals surface area contributed by atoms with Crippen molar-refractivity contribution in [1.29, 1.82) is 0 Å². The first-order valence-electron chi connectivity index (χ1n) is 5.93. The van der Waals surface area contributed by atoms with E-state index in [1.807, 2.05) is 0 Å². The molecule has 5 nitrogen and oxygen atoms in total. The van der Waals surface area contributed by atoms with Gasteiger partial charge in [0, 0.05) is 12.5 Å². The first kappa shape index (κ1) is 16.1. The normalized spacial score (nSPS) is 10.4. The Morgan fingerprint density at radius 1 is 1.29 bits per heavy atom. The Balaban J connectivity index is 3.46. The lowest BCUT2D eigenvalue weighted by molar-refractivity contribution is -0.144. The van der Waals surface area contributed by atoms with Crippen molar-refractivity contribution in [2.24, 2.45) is 0 Å². The van der Waals surface area contributed by atoms with Gasteiger partial charge in [-0.05, 0) is 23.8 Å². The molecule has 5 heteroatoms. The van der Waals surface area contributed by atoms with Gasteiger partial charge < -0.3 is 14.2 Å². The number of terminal acetylenes is 1. The third-order valence-corrected chi connectivity index (χ3v) is 2.51. The summed E-state index contributed by atoms with van der Waals surface area (Å²) in [7, 11) is 2.66. The molecule has 0 aromatic heterocycles. The predicted octanol–water partition coefficient (Wildman–Crippen LogP) is 1.72. The van der Waals surface area contributed by atoms with Gasteiger partial charge in [-0.25, -0.2) is 4.79 Å². The van der Waals surface area contributed by atoms with Gasteiger partial charge in [0.15, 0.2) is 6.10 Å². The van der Waals surface area contributed by atoms with Crippen molar-refractivity contribution in [2.75, 3.05) is 14.2 Å². The topological polar surface area (TPSA) is 61.8 Å². The van der Waals surface area contributed by atoms with Gasteiger partial charge in [0.1, 0.15) is 11.3 Å². The molecule has 0 unspecified atom stereocenters. The van der Waals surface area contributed by atoms with Crippen molar-refractivity contribution in [3.05, 3.63) is 29.3 Å². The lowest BCUT2D eigenvalue weighted by Crippen LogP contribution is -2.14. The highest BCUT2D eigenvalue weighted by molar-refractivity contribution is 5.94. The molecule has 108 valence electrons. The molecule has 0 saturated carbocycles. The van der Waals surface area contributed by atoms with E-state index in [2.05, 4.69) is 17.8 Å². The molecule has 1 rings (SSSR count). The smallest absolute Gasteiger partial charge is 0.342 e. The molecule has 0 saturated heterocycles. The lowest BCUT2D eigenvalue weighted by atomic mass is 10.0. The molecule has 0 fully saturated rings. The number of esters is 2. The summed E-state index contributed by atoms with van der Waals surface area (Å²) in [4.78, 5) is 23.2. The summed E-state index contributed by atoms with van der Waals surface area (Å²) in [6, 6.07) is 4.83. The van der Waals surface area contributed by atoms with Crippen molar-refractivity contribution in [3.8, 4) is 29.9 Å². The van der Waals surface area contributed by atoms with Crippen LogP contribution in [0.4, 0.5) is 0 Å². The van der Waals surface area contributed by atoms with Crippen LogP contribution in [0.3, 0.4) is 0 Å². The minimum absolute atomic E-state index is 0.139. The van der Waals surface area contributed by atoms with Crippen LogP contribution in [-0.4, -0.2) is 26.2 Å². The number of carbonyl (C=O) groups is 2. The highest BCUT2D eigenvalue weighted by Crippen LogP contribution is 2.29.